The van der Waals surface area contributed by atoms with Gasteiger partial charge in [-0.2, -0.15) is 0 Å². The fourth-order valence-corrected chi connectivity index (χ4v) is 1.42. The highest BCUT2D eigenvalue weighted by Gasteiger charge is 2.32. The summed E-state index contributed by atoms with van der Waals surface area (Å²) in [5, 5.41) is 0. The molecule has 0 saturated heterocycles. The Balaban J connectivity index is 3.10. The highest BCUT2D eigenvalue weighted by atomic mass is 16.9. The van der Waals surface area contributed by atoms with Crippen molar-refractivity contribution in [3.63, 3.8) is 0 Å². The number of ether oxygens (including phenoxy) is 4. The third-order valence-electron chi connectivity index (χ3n) is 2.23. The van der Waals surface area contributed by atoms with Crippen LogP contribution >= 0.6 is 0 Å². The molecule has 1 aromatic rings. The van der Waals surface area contributed by atoms with Gasteiger partial charge in [0.2, 0.25) is 0 Å². The smallest absolute Gasteiger partial charge is 0.311 e. The van der Waals surface area contributed by atoms with E-state index in [9.17, 15) is 0 Å². The van der Waals surface area contributed by atoms with Gasteiger partial charge in [-0.25, -0.2) is 0 Å². The second-order valence-corrected chi connectivity index (χ2v) is 2.90. The Morgan fingerprint density at radius 2 is 1.53 bits per heavy atom. The molecule has 0 unspecified atom stereocenters. The molecule has 0 aliphatic rings. The summed E-state index contributed by atoms with van der Waals surface area (Å²) < 4.78 is 20.8. The Labute approximate surface area is 89.7 Å². The summed E-state index contributed by atoms with van der Waals surface area (Å²) in [7, 11) is 6.17. The number of rotatable bonds is 5. The molecule has 0 atom stereocenters. The van der Waals surface area contributed by atoms with Crippen LogP contribution in [-0.2, 0) is 20.2 Å². The Bertz CT molecular complexity index is 299. The predicted molar refractivity (Wildman–Crippen MR) is 55.7 cm³/mol. The quantitative estimate of drug-likeness (QED) is 0.697. The van der Waals surface area contributed by atoms with Crippen molar-refractivity contribution in [3.05, 3.63) is 29.8 Å². The first-order chi connectivity index (χ1) is 7.22. The van der Waals surface area contributed by atoms with Gasteiger partial charge in [-0.1, -0.05) is 12.1 Å². The highest BCUT2D eigenvalue weighted by molar-refractivity contribution is 5.30. The molecule has 1 rings (SSSR count). The molecule has 4 heteroatoms. The van der Waals surface area contributed by atoms with Gasteiger partial charge in [0.1, 0.15) is 5.75 Å². The molecule has 0 saturated carbocycles. The van der Waals surface area contributed by atoms with E-state index in [4.69, 9.17) is 18.9 Å². The average molecular weight is 212 g/mol. The van der Waals surface area contributed by atoms with Crippen LogP contribution in [0.15, 0.2) is 24.3 Å². The van der Waals surface area contributed by atoms with Gasteiger partial charge in [0.25, 0.3) is 0 Å². The van der Waals surface area contributed by atoms with Crippen LogP contribution in [-0.4, -0.2) is 28.4 Å². The molecule has 0 bridgehead atoms. The van der Waals surface area contributed by atoms with Crippen LogP contribution in [0, 0.1) is 0 Å². The standard InChI is InChI=1S/C11H16O4/c1-12-10-7-5-6-9(8-10)11(13-2,14-3)15-4/h5-8H,1-4H3. The molecule has 84 valence electrons. The lowest BCUT2D eigenvalue weighted by Crippen LogP contribution is -2.32. The molecule has 0 aliphatic carbocycles. The second kappa shape index (κ2) is 5.11. The van der Waals surface area contributed by atoms with Crippen molar-refractivity contribution in [2.45, 2.75) is 5.97 Å². The summed E-state index contributed by atoms with van der Waals surface area (Å²) in [5.74, 6) is -0.447. The van der Waals surface area contributed by atoms with E-state index in [2.05, 4.69) is 0 Å². The lowest BCUT2D eigenvalue weighted by Gasteiger charge is -2.29. The Hall–Kier alpha value is -1.10. The molecule has 4 nitrogen and oxygen atoms in total. The van der Waals surface area contributed by atoms with Crippen LogP contribution in [0.2, 0.25) is 0 Å². The van der Waals surface area contributed by atoms with Gasteiger partial charge in [-0.05, 0) is 12.1 Å². The summed E-state index contributed by atoms with van der Waals surface area (Å²) >= 11 is 0. The summed E-state index contributed by atoms with van der Waals surface area (Å²) in [6, 6.07) is 7.34. The maximum atomic E-state index is 5.22. The molecule has 0 fully saturated rings. The Kier molecular flexibility index (Phi) is 4.08. The van der Waals surface area contributed by atoms with Gasteiger partial charge in [-0.15, -0.1) is 0 Å². The molecule has 1 aromatic carbocycles. The van der Waals surface area contributed by atoms with Gasteiger partial charge in [-0.3, -0.25) is 0 Å². The van der Waals surface area contributed by atoms with E-state index in [0.717, 1.165) is 11.3 Å². The summed E-state index contributed by atoms with van der Waals surface area (Å²) in [4.78, 5) is 0. The van der Waals surface area contributed by atoms with Crippen LogP contribution in [0.1, 0.15) is 5.56 Å². The number of benzene rings is 1. The van der Waals surface area contributed by atoms with Crippen molar-refractivity contribution in [1.82, 2.24) is 0 Å². The zero-order valence-corrected chi connectivity index (χ0v) is 9.44. The van der Waals surface area contributed by atoms with Crippen LogP contribution < -0.4 is 4.74 Å². The van der Waals surface area contributed by atoms with E-state index >= 15 is 0 Å². The first-order valence-electron chi connectivity index (χ1n) is 4.52. The van der Waals surface area contributed by atoms with Crippen molar-refractivity contribution in [2.75, 3.05) is 28.4 Å². The second-order valence-electron chi connectivity index (χ2n) is 2.90. The molecular weight excluding hydrogens is 196 g/mol. The highest BCUT2D eigenvalue weighted by Crippen LogP contribution is 2.29. The molecule has 0 aromatic heterocycles. The summed E-state index contributed by atoms with van der Waals surface area (Å²) in [6.07, 6.45) is 0. The zero-order valence-electron chi connectivity index (χ0n) is 9.44. The van der Waals surface area contributed by atoms with Gasteiger partial charge in [0.15, 0.2) is 0 Å². The first kappa shape index (κ1) is 12.0. The average Bonchev–Trinajstić information content (AvgIpc) is 2.32. The van der Waals surface area contributed by atoms with Crippen molar-refractivity contribution >= 4 is 0 Å². The van der Waals surface area contributed by atoms with Gasteiger partial charge in [0.05, 0.1) is 7.11 Å². The Morgan fingerprint density at radius 1 is 0.933 bits per heavy atom. The van der Waals surface area contributed by atoms with Crippen molar-refractivity contribution < 1.29 is 18.9 Å². The monoisotopic (exact) mass is 212 g/mol. The van der Waals surface area contributed by atoms with Crippen LogP contribution in [0.25, 0.3) is 0 Å². The van der Waals surface area contributed by atoms with E-state index in [-0.39, 0.29) is 0 Å². The summed E-state index contributed by atoms with van der Waals surface area (Å²) in [6.45, 7) is 0. The molecule has 0 amide bonds. The predicted octanol–water partition coefficient (Wildman–Crippen LogP) is 1.74. The molecule has 0 radical (unpaired) electrons. The maximum absolute atomic E-state index is 5.22. The van der Waals surface area contributed by atoms with E-state index in [1.165, 1.54) is 21.3 Å². The topological polar surface area (TPSA) is 36.9 Å². The Morgan fingerprint density at radius 3 is 2.00 bits per heavy atom. The lowest BCUT2D eigenvalue weighted by atomic mass is 10.2. The fourth-order valence-electron chi connectivity index (χ4n) is 1.42. The lowest BCUT2D eigenvalue weighted by molar-refractivity contribution is -0.364. The van der Waals surface area contributed by atoms with Gasteiger partial charge in [0, 0.05) is 26.9 Å². The summed E-state index contributed by atoms with van der Waals surface area (Å²) in [5.41, 5.74) is 0.745. The normalized spacial score (nSPS) is 11.5. The van der Waals surface area contributed by atoms with Gasteiger partial charge < -0.3 is 18.9 Å². The number of hydrogen-bond donors (Lipinski definition) is 0. The maximum Gasteiger partial charge on any atom is 0.311 e. The minimum Gasteiger partial charge on any atom is -0.497 e. The minimum atomic E-state index is -1.17. The van der Waals surface area contributed by atoms with Crippen LogP contribution in [0.5, 0.6) is 5.75 Å². The third-order valence-corrected chi connectivity index (χ3v) is 2.23. The molecule has 0 spiro atoms. The molecular formula is C11H16O4. The van der Waals surface area contributed by atoms with Crippen molar-refractivity contribution in [3.8, 4) is 5.75 Å². The SMILES string of the molecule is COc1cccc(C(OC)(OC)OC)c1. The van der Waals surface area contributed by atoms with Crippen molar-refractivity contribution in [2.24, 2.45) is 0 Å². The van der Waals surface area contributed by atoms with Crippen LogP contribution in [0.3, 0.4) is 0 Å². The molecule has 0 aliphatic heterocycles. The minimum absolute atomic E-state index is 0.725. The number of hydrogen-bond acceptors (Lipinski definition) is 4. The zero-order chi connectivity index (χ0) is 11.3. The van der Waals surface area contributed by atoms with Crippen LogP contribution in [0.4, 0.5) is 0 Å². The van der Waals surface area contributed by atoms with E-state index < -0.39 is 5.97 Å². The fraction of sp³-hybridized carbons (Fsp3) is 0.455. The van der Waals surface area contributed by atoms with E-state index in [0.29, 0.717) is 0 Å². The van der Waals surface area contributed by atoms with E-state index in [1.54, 1.807) is 13.2 Å². The van der Waals surface area contributed by atoms with Crippen molar-refractivity contribution in [1.29, 1.82) is 0 Å². The first-order valence-corrected chi connectivity index (χ1v) is 4.52. The molecule has 15 heavy (non-hydrogen) atoms. The van der Waals surface area contributed by atoms with E-state index in [1.807, 2.05) is 18.2 Å². The van der Waals surface area contributed by atoms with Gasteiger partial charge >= 0.3 is 5.97 Å². The largest absolute Gasteiger partial charge is 0.497 e. The third kappa shape index (κ3) is 2.28. The number of methoxy groups -OCH3 is 4. The molecule has 0 N–H and O–H groups in total. The molecule has 0 heterocycles.